The first kappa shape index (κ1) is 14.0. The van der Waals surface area contributed by atoms with Crippen LogP contribution in [0.4, 0.5) is 0 Å². The van der Waals surface area contributed by atoms with Gasteiger partial charge in [-0.15, -0.1) is 0 Å². The topological polar surface area (TPSA) is 27.7 Å². The fourth-order valence-corrected chi connectivity index (χ4v) is 5.72. The molecule has 1 fully saturated rings. The van der Waals surface area contributed by atoms with Gasteiger partial charge in [-0.25, -0.2) is 0 Å². The number of thioether (sulfide) groups is 1. The van der Waals surface area contributed by atoms with Crippen LogP contribution in [0.25, 0.3) is 0 Å². The number of halogens is 1. The molecule has 0 amide bonds. The summed E-state index contributed by atoms with van der Waals surface area (Å²) in [5, 5.41) is 0.982. The summed E-state index contributed by atoms with van der Waals surface area (Å²) < 4.78 is 17.5. The second-order valence-corrected chi connectivity index (χ2v) is 7.97. The lowest BCUT2D eigenvalue weighted by Gasteiger charge is -2.30. The van der Waals surface area contributed by atoms with Crippen molar-refractivity contribution in [1.29, 1.82) is 0 Å². The van der Waals surface area contributed by atoms with Crippen molar-refractivity contribution in [2.24, 2.45) is 0 Å². The largest absolute Gasteiger partial charge is 0.501 e. The first-order chi connectivity index (χ1) is 7.33. The van der Waals surface area contributed by atoms with Gasteiger partial charge in [0.05, 0.1) is 0 Å². The molecule has 0 N–H and O–H groups in total. The SMILES string of the molecule is CCO[Si]1(CCCBr)OCCSCCO1. The number of rotatable bonds is 5. The minimum Gasteiger partial charge on any atom is -0.374 e. The van der Waals surface area contributed by atoms with Crippen molar-refractivity contribution in [2.45, 2.75) is 19.4 Å². The molecule has 0 aromatic carbocycles. The molecule has 1 aliphatic heterocycles. The lowest BCUT2D eigenvalue weighted by molar-refractivity contribution is 0.0710. The first-order valence-electron chi connectivity index (χ1n) is 5.38. The first-order valence-corrected chi connectivity index (χ1v) is 9.59. The van der Waals surface area contributed by atoms with Crippen LogP contribution in [0.3, 0.4) is 0 Å². The molecule has 0 radical (unpaired) electrons. The van der Waals surface area contributed by atoms with Crippen molar-refractivity contribution < 1.29 is 13.3 Å². The van der Waals surface area contributed by atoms with E-state index in [2.05, 4.69) is 15.9 Å². The third-order valence-electron chi connectivity index (χ3n) is 2.08. The standard InChI is InChI=1S/C9H19BrO3SSi/c1-2-11-15(9-3-4-10)12-5-7-14-8-6-13-15/h2-9H2,1H3. The smallest absolute Gasteiger partial charge is 0.374 e. The monoisotopic (exact) mass is 314 g/mol. The van der Waals surface area contributed by atoms with Gasteiger partial charge < -0.3 is 13.3 Å². The van der Waals surface area contributed by atoms with Crippen LogP contribution in [0.2, 0.25) is 6.04 Å². The highest BCUT2D eigenvalue weighted by Gasteiger charge is 2.40. The molecule has 1 rings (SSSR count). The Kier molecular flexibility index (Phi) is 7.54. The zero-order chi connectivity index (χ0) is 11.0. The molecule has 6 heteroatoms. The van der Waals surface area contributed by atoms with Crippen LogP contribution in [-0.2, 0) is 13.3 Å². The van der Waals surface area contributed by atoms with Gasteiger partial charge >= 0.3 is 8.80 Å². The predicted octanol–water partition coefficient (Wildman–Crippen LogP) is 2.53. The molecule has 15 heavy (non-hydrogen) atoms. The Bertz CT molecular complexity index is 160. The summed E-state index contributed by atoms with van der Waals surface area (Å²) in [6.07, 6.45) is 1.05. The molecule has 0 atom stereocenters. The summed E-state index contributed by atoms with van der Waals surface area (Å²) in [6.45, 7) is 4.21. The number of alkyl halides is 1. The maximum atomic E-state index is 5.87. The van der Waals surface area contributed by atoms with E-state index in [4.69, 9.17) is 13.3 Å². The Morgan fingerprint density at radius 3 is 2.53 bits per heavy atom. The van der Waals surface area contributed by atoms with Gasteiger partial charge in [-0.05, 0) is 13.3 Å². The van der Waals surface area contributed by atoms with Crippen LogP contribution < -0.4 is 0 Å². The van der Waals surface area contributed by atoms with Crippen molar-refractivity contribution >= 4 is 36.5 Å². The average molecular weight is 315 g/mol. The molecule has 0 unspecified atom stereocenters. The van der Waals surface area contributed by atoms with E-state index in [9.17, 15) is 0 Å². The summed E-state index contributed by atoms with van der Waals surface area (Å²) >= 11 is 5.32. The molecule has 1 aliphatic rings. The van der Waals surface area contributed by atoms with Crippen molar-refractivity contribution in [3.8, 4) is 0 Å². The molecule has 90 valence electrons. The zero-order valence-corrected chi connectivity index (χ0v) is 12.6. The molecule has 0 aromatic rings. The van der Waals surface area contributed by atoms with Crippen LogP contribution >= 0.6 is 27.7 Å². The van der Waals surface area contributed by atoms with Crippen LogP contribution in [0.15, 0.2) is 0 Å². The maximum Gasteiger partial charge on any atom is 0.501 e. The van der Waals surface area contributed by atoms with Gasteiger partial charge in [0.25, 0.3) is 0 Å². The molecular weight excluding hydrogens is 296 g/mol. The molecule has 0 bridgehead atoms. The highest BCUT2D eigenvalue weighted by molar-refractivity contribution is 9.09. The second kappa shape index (κ2) is 8.08. The van der Waals surface area contributed by atoms with Crippen molar-refractivity contribution in [2.75, 3.05) is 36.7 Å². The van der Waals surface area contributed by atoms with Gasteiger partial charge in [-0.2, -0.15) is 11.8 Å². The summed E-state index contributed by atoms with van der Waals surface area (Å²) in [4.78, 5) is 0. The lowest BCUT2D eigenvalue weighted by atomic mass is 10.6. The van der Waals surface area contributed by atoms with Gasteiger partial charge in [0, 0.05) is 42.7 Å². The Labute approximate surface area is 106 Å². The van der Waals surface area contributed by atoms with E-state index in [1.807, 2.05) is 18.7 Å². The Morgan fingerprint density at radius 2 is 2.00 bits per heavy atom. The van der Waals surface area contributed by atoms with Crippen LogP contribution in [0, 0.1) is 0 Å². The quantitative estimate of drug-likeness (QED) is 0.576. The van der Waals surface area contributed by atoms with Crippen molar-refractivity contribution in [3.05, 3.63) is 0 Å². The molecule has 0 aliphatic carbocycles. The van der Waals surface area contributed by atoms with E-state index in [-0.39, 0.29) is 0 Å². The molecule has 0 aromatic heterocycles. The Balaban J connectivity index is 2.49. The van der Waals surface area contributed by atoms with Gasteiger partial charge in [0.2, 0.25) is 0 Å². The van der Waals surface area contributed by atoms with E-state index in [0.29, 0.717) is 6.61 Å². The second-order valence-electron chi connectivity index (χ2n) is 3.22. The molecule has 0 saturated carbocycles. The fraction of sp³-hybridized carbons (Fsp3) is 1.00. The molecule has 3 nitrogen and oxygen atoms in total. The number of hydrogen-bond acceptors (Lipinski definition) is 4. The maximum absolute atomic E-state index is 5.87. The van der Waals surface area contributed by atoms with E-state index < -0.39 is 8.80 Å². The van der Waals surface area contributed by atoms with E-state index in [1.54, 1.807) is 0 Å². The summed E-state index contributed by atoms with van der Waals surface area (Å²) in [5.74, 6) is 2.11. The van der Waals surface area contributed by atoms with E-state index in [0.717, 1.165) is 42.5 Å². The minimum atomic E-state index is -2.33. The summed E-state index contributed by atoms with van der Waals surface area (Å²) in [6, 6.07) is 0.927. The number of hydrogen-bond donors (Lipinski definition) is 0. The fourth-order valence-electron chi connectivity index (χ4n) is 1.46. The average Bonchev–Trinajstić information content (AvgIpc) is 2.21. The summed E-state index contributed by atoms with van der Waals surface area (Å²) in [7, 11) is -2.33. The van der Waals surface area contributed by atoms with E-state index in [1.165, 1.54) is 0 Å². The third kappa shape index (κ3) is 5.19. The molecule has 1 heterocycles. The summed E-state index contributed by atoms with van der Waals surface area (Å²) in [5.41, 5.74) is 0. The lowest BCUT2D eigenvalue weighted by Crippen LogP contribution is -2.47. The highest BCUT2D eigenvalue weighted by Crippen LogP contribution is 2.21. The molecule has 0 spiro atoms. The Morgan fingerprint density at radius 1 is 1.33 bits per heavy atom. The van der Waals surface area contributed by atoms with Gasteiger partial charge in [0.1, 0.15) is 0 Å². The van der Waals surface area contributed by atoms with E-state index >= 15 is 0 Å². The molecule has 1 saturated heterocycles. The zero-order valence-electron chi connectivity index (χ0n) is 9.17. The van der Waals surface area contributed by atoms with Gasteiger partial charge in [-0.1, -0.05) is 15.9 Å². The van der Waals surface area contributed by atoms with Gasteiger partial charge in [-0.3, -0.25) is 0 Å². The van der Waals surface area contributed by atoms with Crippen LogP contribution in [0.1, 0.15) is 13.3 Å². The van der Waals surface area contributed by atoms with Gasteiger partial charge in [0.15, 0.2) is 0 Å². The van der Waals surface area contributed by atoms with Crippen LogP contribution in [0.5, 0.6) is 0 Å². The van der Waals surface area contributed by atoms with Crippen molar-refractivity contribution in [3.63, 3.8) is 0 Å². The third-order valence-corrected chi connectivity index (χ3v) is 6.53. The molecular formula is C9H19BrO3SSi. The Hall–Kier alpha value is 0.927. The van der Waals surface area contributed by atoms with Crippen LogP contribution in [-0.4, -0.2) is 45.5 Å². The normalized spacial score (nSPS) is 22.0. The van der Waals surface area contributed by atoms with Crippen molar-refractivity contribution in [1.82, 2.24) is 0 Å². The predicted molar refractivity (Wildman–Crippen MR) is 69.8 cm³/mol. The highest BCUT2D eigenvalue weighted by atomic mass is 79.9. The minimum absolute atomic E-state index is 0.682.